The number of amides is 2. The maximum absolute atomic E-state index is 12.6. The standard InChI is InChI=1S/C30H42ClN5O3/c1-4-6-7-8-9-10-11-12-13-16-21-39-28(37)23-19-20-24(31)25(22-23)32-29(38)33-34-30-35(3)26-17-14-15-18-27(26)36(30)5-2/h14-15,17-20,22H,4-13,16,21H2,1-3H3,(H2,32,33,38). The Balaban J connectivity index is 1.48. The van der Waals surface area contributed by atoms with Gasteiger partial charge in [-0.05, 0) is 43.7 Å². The molecule has 9 heteroatoms. The van der Waals surface area contributed by atoms with Crippen molar-refractivity contribution in [1.82, 2.24) is 14.6 Å². The second-order valence-corrected chi connectivity index (χ2v) is 10.2. The lowest BCUT2D eigenvalue weighted by molar-refractivity contribution is 0.0497. The molecule has 3 rings (SSSR count). The van der Waals surface area contributed by atoms with Crippen LogP contribution < -0.4 is 16.4 Å². The zero-order valence-electron chi connectivity index (χ0n) is 23.5. The van der Waals surface area contributed by atoms with Gasteiger partial charge in [-0.3, -0.25) is 0 Å². The first-order valence-electron chi connectivity index (χ1n) is 14.2. The largest absolute Gasteiger partial charge is 0.462 e. The fourth-order valence-corrected chi connectivity index (χ4v) is 4.82. The number of para-hydroxylation sites is 2. The third-order valence-corrected chi connectivity index (χ3v) is 7.16. The van der Waals surface area contributed by atoms with Gasteiger partial charge in [0, 0.05) is 13.6 Å². The molecule has 3 aromatic rings. The van der Waals surface area contributed by atoms with Gasteiger partial charge in [0.1, 0.15) is 0 Å². The molecule has 0 aliphatic rings. The van der Waals surface area contributed by atoms with Gasteiger partial charge in [-0.25, -0.2) is 15.0 Å². The number of fused-ring (bicyclic) bond motifs is 1. The maximum Gasteiger partial charge on any atom is 0.339 e. The fourth-order valence-electron chi connectivity index (χ4n) is 4.66. The number of carbonyl (C=O) groups excluding carboxylic acids is 2. The molecule has 0 radical (unpaired) electrons. The highest BCUT2D eigenvalue weighted by Crippen LogP contribution is 2.23. The van der Waals surface area contributed by atoms with E-state index in [1.54, 1.807) is 12.1 Å². The van der Waals surface area contributed by atoms with E-state index in [1.807, 2.05) is 47.4 Å². The third-order valence-electron chi connectivity index (χ3n) is 6.83. The van der Waals surface area contributed by atoms with Crippen molar-refractivity contribution >= 4 is 40.3 Å². The fraction of sp³-hybridized carbons (Fsp3) is 0.500. The minimum atomic E-state index is -0.569. The number of anilines is 1. The highest BCUT2D eigenvalue weighted by molar-refractivity contribution is 6.33. The molecule has 0 fully saturated rings. The molecule has 0 unspecified atom stereocenters. The lowest BCUT2D eigenvalue weighted by Gasteiger charge is -2.10. The Bertz CT molecular complexity index is 1300. The maximum atomic E-state index is 12.6. The lowest BCUT2D eigenvalue weighted by Crippen LogP contribution is -2.32. The summed E-state index contributed by atoms with van der Waals surface area (Å²) in [4.78, 5) is 25.2. The van der Waals surface area contributed by atoms with Crippen LogP contribution in [0.15, 0.2) is 47.6 Å². The molecule has 2 amide bonds. The number of unbranched alkanes of at least 4 members (excludes halogenated alkanes) is 9. The van der Waals surface area contributed by atoms with E-state index in [4.69, 9.17) is 16.3 Å². The number of hydrogen-bond acceptors (Lipinski definition) is 4. The van der Waals surface area contributed by atoms with E-state index in [0.29, 0.717) is 35.0 Å². The van der Waals surface area contributed by atoms with Crippen LogP contribution in [0.3, 0.4) is 0 Å². The molecule has 0 saturated carbocycles. The molecule has 8 nitrogen and oxygen atoms in total. The number of esters is 1. The second-order valence-electron chi connectivity index (χ2n) is 9.78. The summed E-state index contributed by atoms with van der Waals surface area (Å²) >= 11 is 6.28. The molecule has 0 atom stereocenters. The zero-order valence-corrected chi connectivity index (χ0v) is 24.2. The number of ether oxygens (including phenoxy) is 1. The van der Waals surface area contributed by atoms with Gasteiger partial charge in [-0.1, -0.05) is 88.4 Å². The molecule has 0 spiro atoms. The molecule has 0 saturated heterocycles. The summed E-state index contributed by atoms with van der Waals surface area (Å²) < 4.78 is 9.36. The number of urea groups is 1. The quantitative estimate of drug-likeness (QED) is 0.116. The lowest BCUT2D eigenvalue weighted by atomic mass is 10.1. The molecule has 0 aliphatic heterocycles. The number of aromatic nitrogens is 2. The van der Waals surface area contributed by atoms with Gasteiger partial charge >= 0.3 is 12.0 Å². The van der Waals surface area contributed by atoms with E-state index in [9.17, 15) is 9.59 Å². The van der Waals surface area contributed by atoms with Crippen molar-refractivity contribution in [3.05, 3.63) is 58.7 Å². The molecule has 1 aromatic heterocycles. The number of nitrogens with zero attached hydrogens (tertiary/aromatic N) is 3. The average Bonchev–Trinajstić information content (AvgIpc) is 3.22. The van der Waals surface area contributed by atoms with Gasteiger partial charge in [0.15, 0.2) is 0 Å². The Morgan fingerprint density at radius 1 is 0.897 bits per heavy atom. The Hall–Kier alpha value is -3.26. The molecule has 0 aliphatic carbocycles. The number of nitrogens with one attached hydrogen (secondary N) is 2. The van der Waals surface area contributed by atoms with Crippen LogP contribution in [0, 0.1) is 0 Å². The van der Waals surface area contributed by atoms with Crippen LogP contribution in [0.4, 0.5) is 10.5 Å². The highest BCUT2D eigenvalue weighted by atomic mass is 35.5. The van der Waals surface area contributed by atoms with Crippen LogP contribution >= 0.6 is 11.6 Å². The summed E-state index contributed by atoms with van der Waals surface area (Å²) in [7, 11) is 1.90. The molecule has 212 valence electrons. The zero-order chi connectivity index (χ0) is 28.0. The van der Waals surface area contributed by atoms with Gasteiger partial charge in [0.05, 0.1) is 33.9 Å². The molecular formula is C30H42ClN5O3. The first-order valence-corrected chi connectivity index (χ1v) is 14.6. The second kappa shape index (κ2) is 16.0. The van der Waals surface area contributed by atoms with E-state index in [1.165, 1.54) is 51.0 Å². The SMILES string of the molecule is CCCCCCCCCCCCOC(=O)c1ccc(Cl)c(NC(=O)NN=c2n(C)c3ccccc3n2CC)c1. The summed E-state index contributed by atoms with van der Waals surface area (Å²) in [5, 5.41) is 7.31. The average molecular weight is 556 g/mol. The summed E-state index contributed by atoms with van der Waals surface area (Å²) in [5.74, 6) is -0.435. The van der Waals surface area contributed by atoms with E-state index < -0.39 is 12.0 Å². The number of imidazole rings is 1. The van der Waals surface area contributed by atoms with E-state index in [-0.39, 0.29) is 0 Å². The number of aryl methyl sites for hydroxylation is 2. The predicted molar refractivity (Wildman–Crippen MR) is 158 cm³/mol. The topological polar surface area (TPSA) is 89.7 Å². The van der Waals surface area contributed by atoms with Crippen LogP contribution in [-0.4, -0.2) is 27.7 Å². The van der Waals surface area contributed by atoms with E-state index in [2.05, 4.69) is 22.8 Å². The van der Waals surface area contributed by atoms with Crippen molar-refractivity contribution in [2.24, 2.45) is 12.1 Å². The molecule has 2 aromatic carbocycles. The number of hydrogen-bond donors (Lipinski definition) is 2. The number of rotatable bonds is 15. The molecular weight excluding hydrogens is 514 g/mol. The highest BCUT2D eigenvalue weighted by Gasteiger charge is 2.13. The van der Waals surface area contributed by atoms with Gasteiger partial charge in [-0.15, -0.1) is 5.10 Å². The summed E-state index contributed by atoms with van der Waals surface area (Å²) in [6.07, 6.45) is 12.2. The van der Waals surface area contributed by atoms with Crippen LogP contribution in [0.1, 0.15) is 88.4 Å². The summed E-state index contributed by atoms with van der Waals surface area (Å²) in [6, 6.07) is 12.1. The smallest absolute Gasteiger partial charge is 0.339 e. The van der Waals surface area contributed by atoms with Crippen LogP contribution in [-0.2, 0) is 18.3 Å². The first-order chi connectivity index (χ1) is 19.0. The van der Waals surface area contributed by atoms with Gasteiger partial charge in [-0.2, -0.15) is 0 Å². The number of halogens is 1. The Morgan fingerprint density at radius 2 is 1.54 bits per heavy atom. The van der Waals surface area contributed by atoms with Gasteiger partial charge in [0.2, 0.25) is 5.62 Å². The summed E-state index contributed by atoms with van der Waals surface area (Å²) in [6.45, 7) is 5.33. The molecule has 0 bridgehead atoms. The van der Waals surface area contributed by atoms with Crippen molar-refractivity contribution < 1.29 is 14.3 Å². The predicted octanol–water partition coefficient (Wildman–Crippen LogP) is 7.37. The van der Waals surface area contributed by atoms with E-state index >= 15 is 0 Å². The minimum Gasteiger partial charge on any atom is -0.462 e. The van der Waals surface area contributed by atoms with Crippen LogP contribution in [0.2, 0.25) is 5.02 Å². The Kier molecular flexibility index (Phi) is 12.4. The van der Waals surface area contributed by atoms with E-state index in [0.717, 1.165) is 30.3 Å². The normalized spacial score (nSPS) is 11.6. The summed E-state index contributed by atoms with van der Waals surface area (Å²) in [5.41, 5.74) is 5.80. The van der Waals surface area contributed by atoms with Gasteiger partial charge < -0.3 is 19.2 Å². The van der Waals surface area contributed by atoms with Crippen molar-refractivity contribution in [3.63, 3.8) is 0 Å². The van der Waals surface area contributed by atoms with Crippen LogP contribution in [0.5, 0.6) is 0 Å². The molecule has 1 heterocycles. The van der Waals surface area contributed by atoms with Crippen LogP contribution in [0.25, 0.3) is 11.0 Å². The monoisotopic (exact) mass is 555 g/mol. The van der Waals surface area contributed by atoms with Crippen molar-refractivity contribution in [3.8, 4) is 0 Å². The minimum absolute atomic E-state index is 0.304. The van der Waals surface area contributed by atoms with Crippen molar-refractivity contribution in [2.75, 3.05) is 11.9 Å². The van der Waals surface area contributed by atoms with Crippen molar-refractivity contribution in [2.45, 2.75) is 84.6 Å². The van der Waals surface area contributed by atoms with Gasteiger partial charge in [0.25, 0.3) is 0 Å². The Morgan fingerprint density at radius 3 is 2.21 bits per heavy atom. The first kappa shape index (κ1) is 30.3. The number of benzene rings is 2. The molecule has 2 N–H and O–H groups in total. The molecule has 39 heavy (non-hydrogen) atoms. The van der Waals surface area contributed by atoms with Crippen molar-refractivity contribution in [1.29, 1.82) is 0 Å². The Labute approximate surface area is 236 Å². The number of carbonyl (C=O) groups is 2. The third kappa shape index (κ3) is 8.88.